The molecule has 0 aromatic heterocycles. The quantitative estimate of drug-likeness (QED) is 0.765. The van der Waals surface area contributed by atoms with Gasteiger partial charge in [0.05, 0.1) is 5.60 Å². The van der Waals surface area contributed by atoms with E-state index in [1.165, 1.54) is 24.3 Å². The molecule has 0 saturated carbocycles. The van der Waals surface area contributed by atoms with Gasteiger partial charge >= 0.3 is 0 Å². The van der Waals surface area contributed by atoms with E-state index >= 15 is 0 Å². The zero-order valence-electron chi connectivity index (χ0n) is 10.2. The Labute approximate surface area is 103 Å². The van der Waals surface area contributed by atoms with E-state index in [1.54, 1.807) is 0 Å². The van der Waals surface area contributed by atoms with Gasteiger partial charge in [-0.15, -0.1) is 6.58 Å². The molecule has 2 nitrogen and oxygen atoms in total. The zero-order chi connectivity index (χ0) is 11.4. The van der Waals surface area contributed by atoms with E-state index in [2.05, 4.69) is 18.8 Å². The average molecular weight is 241 g/mol. The van der Waals surface area contributed by atoms with Crippen molar-refractivity contribution in [3.8, 4) is 0 Å². The van der Waals surface area contributed by atoms with Crippen LogP contribution in [0, 0.1) is 0 Å². The first-order chi connectivity index (χ1) is 7.74. The topological polar surface area (TPSA) is 21.3 Å². The lowest BCUT2D eigenvalue weighted by molar-refractivity contribution is -0.0710. The largest absolute Gasteiger partial charge is 0.374 e. The van der Waals surface area contributed by atoms with E-state index in [0.29, 0.717) is 12.1 Å². The second-order valence-corrected chi connectivity index (χ2v) is 6.22. The number of rotatable bonds is 4. The second kappa shape index (κ2) is 5.56. The predicted octanol–water partition coefficient (Wildman–Crippen LogP) is 2.60. The van der Waals surface area contributed by atoms with Crippen LogP contribution in [0.4, 0.5) is 0 Å². The third-order valence-corrected chi connectivity index (χ3v) is 4.82. The molecule has 2 rings (SSSR count). The van der Waals surface area contributed by atoms with Gasteiger partial charge in [-0.2, -0.15) is 11.8 Å². The Hall–Kier alpha value is 0.0100. The van der Waals surface area contributed by atoms with Crippen LogP contribution in [0.25, 0.3) is 0 Å². The van der Waals surface area contributed by atoms with E-state index in [0.717, 1.165) is 19.4 Å². The van der Waals surface area contributed by atoms with Crippen LogP contribution in [-0.4, -0.2) is 35.8 Å². The second-order valence-electron chi connectivity index (χ2n) is 5.12. The maximum absolute atomic E-state index is 6.02. The van der Waals surface area contributed by atoms with Crippen molar-refractivity contribution < 1.29 is 4.74 Å². The van der Waals surface area contributed by atoms with Gasteiger partial charge in [-0.3, -0.25) is 0 Å². The Bertz CT molecular complexity index is 238. The molecule has 2 fully saturated rings. The highest BCUT2D eigenvalue weighted by molar-refractivity contribution is 7.99. The van der Waals surface area contributed by atoms with Crippen molar-refractivity contribution in [2.75, 3.05) is 18.1 Å². The lowest BCUT2D eigenvalue weighted by atomic mass is 9.89. The predicted molar refractivity (Wildman–Crippen MR) is 71.1 cm³/mol. The molecule has 1 N–H and O–H groups in total. The van der Waals surface area contributed by atoms with Gasteiger partial charge in [-0.1, -0.05) is 6.08 Å². The molecular formula is C13H23NOS. The lowest BCUT2D eigenvalue weighted by Gasteiger charge is -2.39. The molecule has 0 radical (unpaired) electrons. The van der Waals surface area contributed by atoms with E-state index in [4.69, 9.17) is 4.74 Å². The van der Waals surface area contributed by atoms with Gasteiger partial charge in [0.15, 0.2) is 0 Å². The van der Waals surface area contributed by atoms with Gasteiger partial charge in [0.25, 0.3) is 0 Å². The summed E-state index contributed by atoms with van der Waals surface area (Å²) in [7, 11) is 0. The van der Waals surface area contributed by atoms with Crippen LogP contribution < -0.4 is 5.32 Å². The molecule has 16 heavy (non-hydrogen) atoms. The maximum atomic E-state index is 6.02. The van der Waals surface area contributed by atoms with Gasteiger partial charge in [0, 0.05) is 24.4 Å². The van der Waals surface area contributed by atoms with Gasteiger partial charge in [-0.05, 0) is 38.4 Å². The number of hydrogen-bond donors (Lipinski definition) is 1. The summed E-state index contributed by atoms with van der Waals surface area (Å²) in [4.78, 5) is 0. The zero-order valence-corrected chi connectivity index (χ0v) is 11.0. The van der Waals surface area contributed by atoms with Crippen molar-refractivity contribution in [1.29, 1.82) is 0 Å². The van der Waals surface area contributed by atoms with Gasteiger partial charge in [0.1, 0.15) is 0 Å². The van der Waals surface area contributed by atoms with Crippen LogP contribution >= 0.6 is 11.8 Å². The molecule has 0 amide bonds. The lowest BCUT2D eigenvalue weighted by Crippen LogP contribution is -2.49. The van der Waals surface area contributed by atoms with E-state index in [-0.39, 0.29) is 5.60 Å². The molecule has 92 valence electrons. The summed E-state index contributed by atoms with van der Waals surface area (Å²) in [5, 5.41) is 3.71. The molecule has 2 aliphatic rings. The van der Waals surface area contributed by atoms with Crippen LogP contribution in [0.1, 0.15) is 32.6 Å². The van der Waals surface area contributed by atoms with Crippen molar-refractivity contribution in [1.82, 2.24) is 5.32 Å². The fraction of sp³-hybridized carbons (Fsp3) is 0.846. The molecule has 3 atom stereocenters. The minimum atomic E-state index is 0.203. The molecule has 2 heterocycles. The van der Waals surface area contributed by atoms with E-state index in [9.17, 15) is 0 Å². The molecule has 3 unspecified atom stereocenters. The summed E-state index contributed by atoms with van der Waals surface area (Å²) >= 11 is 2.04. The highest BCUT2D eigenvalue weighted by Crippen LogP contribution is 2.38. The van der Waals surface area contributed by atoms with Crippen molar-refractivity contribution in [2.45, 2.75) is 50.3 Å². The summed E-state index contributed by atoms with van der Waals surface area (Å²) in [5.74, 6) is 2.47. The summed E-state index contributed by atoms with van der Waals surface area (Å²) in [6, 6.07) is 1.19. The SMILES string of the molecule is C=CCC(C)NC1CCOC2(CCSC2)C1. The van der Waals surface area contributed by atoms with Crippen LogP contribution in [-0.2, 0) is 4.74 Å². The normalized spacial score (nSPS) is 36.4. The minimum Gasteiger partial charge on any atom is -0.374 e. The number of ether oxygens (including phenoxy) is 1. The molecule has 3 heteroatoms. The highest BCUT2D eigenvalue weighted by atomic mass is 32.2. The molecule has 0 aromatic carbocycles. The molecule has 2 saturated heterocycles. The fourth-order valence-corrected chi connectivity index (χ4v) is 4.13. The number of thioether (sulfide) groups is 1. The molecule has 0 bridgehead atoms. The molecule has 0 aliphatic carbocycles. The van der Waals surface area contributed by atoms with Crippen LogP contribution in [0.5, 0.6) is 0 Å². The van der Waals surface area contributed by atoms with Crippen LogP contribution in [0.15, 0.2) is 12.7 Å². The van der Waals surface area contributed by atoms with Crippen molar-refractivity contribution in [3.05, 3.63) is 12.7 Å². The molecule has 1 spiro atoms. The fourth-order valence-electron chi connectivity index (χ4n) is 2.75. The standard InChI is InChI=1S/C13H23NOS/c1-3-4-11(2)14-12-5-7-15-13(9-12)6-8-16-10-13/h3,11-12,14H,1,4-10H2,2H3. The molecule has 2 aliphatic heterocycles. The van der Waals surface area contributed by atoms with Crippen molar-refractivity contribution in [3.63, 3.8) is 0 Å². The van der Waals surface area contributed by atoms with Crippen LogP contribution in [0.2, 0.25) is 0 Å². The first kappa shape index (κ1) is 12.5. The Morgan fingerprint density at radius 1 is 1.69 bits per heavy atom. The van der Waals surface area contributed by atoms with Crippen molar-refractivity contribution in [2.24, 2.45) is 0 Å². The Morgan fingerprint density at radius 2 is 2.56 bits per heavy atom. The summed E-state index contributed by atoms with van der Waals surface area (Å²) in [6.07, 6.45) is 6.65. The van der Waals surface area contributed by atoms with Crippen LogP contribution in [0.3, 0.4) is 0 Å². The third-order valence-electron chi connectivity index (χ3n) is 3.60. The summed E-state index contributed by atoms with van der Waals surface area (Å²) in [5.41, 5.74) is 0.203. The molecule has 0 aromatic rings. The van der Waals surface area contributed by atoms with E-state index in [1.807, 2.05) is 17.8 Å². The first-order valence-electron chi connectivity index (χ1n) is 6.33. The Morgan fingerprint density at radius 3 is 3.25 bits per heavy atom. The Kier molecular flexibility index (Phi) is 4.34. The summed E-state index contributed by atoms with van der Waals surface area (Å²) < 4.78 is 6.02. The monoisotopic (exact) mass is 241 g/mol. The average Bonchev–Trinajstić information content (AvgIpc) is 2.66. The highest BCUT2D eigenvalue weighted by Gasteiger charge is 2.40. The maximum Gasteiger partial charge on any atom is 0.0795 e. The van der Waals surface area contributed by atoms with Gasteiger partial charge in [-0.25, -0.2) is 0 Å². The molecular weight excluding hydrogens is 218 g/mol. The van der Waals surface area contributed by atoms with Gasteiger partial charge < -0.3 is 10.1 Å². The number of nitrogens with one attached hydrogen (secondary N) is 1. The smallest absolute Gasteiger partial charge is 0.0795 e. The van der Waals surface area contributed by atoms with Gasteiger partial charge in [0.2, 0.25) is 0 Å². The third kappa shape index (κ3) is 3.02. The summed E-state index contributed by atoms with van der Waals surface area (Å²) in [6.45, 7) is 6.97. The van der Waals surface area contributed by atoms with E-state index < -0.39 is 0 Å². The number of hydrogen-bond acceptors (Lipinski definition) is 3. The minimum absolute atomic E-state index is 0.203. The van der Waals surface area contributed by atoms with Crippen molar-refractivity contribution >= 4 is 11.8 Å². The first-order valence-corrected chi connectivity index (χ1v) is 7.48. The Balaban J connectivity index is 1.84.